The Kier molecular flexibility index (Phi) is 9.60. The minimum absolute atomic E-state index is 0. The summed E-state index contributed by atoms with van der Waals surface area (Å²) in [5.41, 5.74) is 0. The van der Waals surface area contributed by atoms with Crippen LogP contribution in [0.2, 0.25) is 0 Å². The van der Waals surface area contributed by atoms with Crippen molar-refractivity contribution in [1.82, 2.24) is 0 Å². The van der Waals surface area contributed by atoms with Crippen molar-refractivity contribution in [3.05, 3.63) is 0 Å². The zero-order valence-corrected chi connectivity index (χ0v) is 5.97. The molecule has 0 atom stereocenters. The highest BCUT2D eigenvalue weighted by Gasteiger charge is 1.86. The fourth-order valence-electron chi connectivity index (χ4n) is 0. The first-order chi connectivity index (χ1) is 1.73. The molecule has 0 aliphatic heterocycles. The first-order valence-corrected chi connectivity index (χ1v) is 2.48. The van der Waals surface area contributed by atoms with Crippen LogP contribution in [0.15, 0.2) is 0 Å². The van der Waals surface area contributed by atoms with E-state index in [0.29, 0.717) is 0 Å². The maximum atomic E-state index is 8.63. The van der Waals surface area contributed by atoms with E-state index in [9.17, 15) is 0 Å². The van der Waals surface area contributed by atoms with Crippen molar-refractivity contribution >= 4 is 24.0 Å². The molecule has 0 heterocycles. The monoisotopic (exact) mass is 256 g/mol. The number of rotatable bonds is 0. The van der Waals surface area contributed by atoms with E-state index in [-0.39, 0.29) is 24.0 Å². The molecular weight excluding hydrogens is 255 g/mol. The van der Waals surface area contributed by atoms with Crippen LogP contribution >= 0.6 is 24.0 Å². The fraction of sp³-hybridized carbons (Fsp3) is 0. The number of hydrogen-bond donors (Lipinski definition) is 1. The van der Waals surface area contributed by atoms with E-state index in [1.165, 1.54) is 0 Å². The Hall–Kier alpha value is 1.09. The van der Waals surface area contributed by atoms with Crippen LogP contribution in [0.4, 0.5) is 0 Å². The lowest BCUT2D eigenvalue weighted by molar-refractivity contribution is -1.63. The van der Waals surface area contributed by atoms with E-state index in [4.69, 9.17) is 12.6 Å². The van der Waals surface area contributed by atoms with Gasteiger partial charge in [0.15, 0.2) is 0 Å². The third-order valence-corrected chi connectivity index (χ3v) is 0. The van der Waals surface area contributed by atoms with Gasteiger partial charge >= 0.3 is 14.8 Å². The largest absolute Gasteiger partial charge is 0.433 e. The molecule has 0 saturated heterocycles. The molecule has 0 aliphatic carbocycles. The van der Waals surface area contributed by atoms with Gasteiger partial charge in [-0.1, -0.05) is 0 Å². The summed E-state index contributed by atoms with van der Waals surface area (Å²) in [6, 6.07) is 0. The van der Waals surface area contributed by atoms with Crippen LogP contribution in [-0.2, 0) is 0 Å². The normalized spacial score (nSPS) is 7.20. The van der Waals surface area contributed by atoms with Crippen molar-refractivity contribution in [3.8, 4) is 0 Å². The van der Waals surface area contributed by atoms with Crippen LogP contribution in [-0.4, -0.2) is 4.20 Å². The summed E-state index contributed by atoms with van der Waals surface area (Å²) in [6.07, 6.45) is 0. The van der Waals surface area contributed by atoms with Crippen LogP contribution < -0.4 is 8.40 Å². The second-order valence-electron chi connectivity index (χ2n) is 0.201. The molecule has 0 rings (SSSR count). The molecular formula is H2BrIO3. The van der Waals surface area contributed by atoms with Crippen LogP contribution in [0.25, 0.3) is 0 Å². The Bertz CT molecular complexity index is 11.6. The third-order valence-electron chi connectivity index (χ3n) is 0. The second kappa shape index (κ2) is 5.09. The summed E-state index contributed by atoms with van der Waals surface area (Å²) < 4.78 is 24.3. The average Bonchev–Trinajstić information content (AvgIpc) is 0.811. The molecule has 0 aromatic heterocycles. The van der Waals surface area contributed by atoms with Crippen LogP contribution in [0.5, 0.6) is 0 Å². The quantitative estimate of drug-likeness (QED) is 0.495. The minimum atomic E-state index is -3.40. The van der Waals surface area contributed by atoms with Gasteiger partial charge < -0.3 is 8.40 Å². The van der Waals surface area contributed by atoms with Gasteiger partial charge in [0.1, 0.15) is 0 Å². The molecule has 0 fully saturated rings. The molecule has 0 unspecified atom stereocenters. The lowest BCUT2D eigenvalue weighted by atomic mass is 16.0. The highest BCUT2D eigenvalue weighted by atomic mass is 127. The molecule has 0 amide bonds. The van der Waals surface area contributed by atoms with Crippen LogP contribution in [0.1, 0.15) is 0 Å². The topological polar surface area (TPSA) is 66.3 Å². The van der Waals surface area contributed by atoms with Gasteiger partial charge in [0.05, 0.1) is 0 Å². The summed E-state index contributed by atoms with van der Waals surface area (Å²) in [4.78, 5) is 0. The van der Waals surface area contributed by atoms with Crippen molar-refractivity contribution in [2.24, 2.45) is 0 Å². The van der Waals surface area contributed by atoms with Crippen LogP contribution in [0, 0.1) is 14.8 Å². The minimum Gasteiger partial charge on any atom is -0.372 e. The molecule has 1 N–H and O–H groups in total. The van der Waals surface area contributed by atoms with Gasteiger partial charge in [-0.25, -0.2) is 0 Å². The van der Waals surface area contributed by atoms with Crippen molar-refractivity contribution in [2.75, 3.05) is 0 Å². The maximum Gasteiger partial charge on any atom is 0.433 e. The van der Waals surface area contributed by atoms with Gasteiger partial charge in [-0.05, 0) is 4.20 Å². The van der Waals surface area contributed by atoms with Gasteiger partial charge in [0.2, 0.25) is 0 Å². The predicted octanol–water partition coefficient (Wildman–Crippen LogP) is -2.32. The Labute approximate surface area is 51.5 Å². The van der Waals surface area contributed by atoms with E-state index >= 15 is 0 Å². The zero-order chi connectivity index (χ0) is 3.58. The standard InChI is InChI=1S/BrHO3.HI/c2-1(3)4;/h2H;1H. The van der Waals surface area contributed by atoms with Crippen LogP contribution in [0.3, 0.4) is 0 Å². The Morgan fingerprint density at radius 2 is 1.40 bits per heavy atom. The lowest BCUT2D eigenvalue weighted by Gasteiger charge is -1.69. The molecule has 0 saturated carbocycles. The maximum absolute atomic E-state index is 8.63. The van der Waals surface area contributed by atoms with Gasteiger partial charge in [-0.3, -0.25) is 0 Å². The smallest absolute Gasteiger partial charge is 0.372 e. The first-order valence-electron chi connectivity index (χ1n) is 0.478. The molecule has 0 radical (unpaired) electrons. The number of halogens is 2. The van der Waals surface area contributed by atoms with E-state index in [0.717, 1.165) is 0 Å². The van der Waals surface area contributed by atoms with Gasteiger partial charge in [0.25, 0.3) is 0 Å². The summed E-state index contributed by atoms with van der Waals surface area (Å²) in [5, 5.41) is 0. The molecule has 5 heavy (non-hydrogen) atoms. The van der Waals surface area contributed by atoms with E-state index in [1.54, 1.807) is 0 Å². The highest BCUT2D eigenvalue weighted by Crippen LogP contribution is 1.38. The van der Waals surface area contributed by atoms with Crippen molar-refractivity contribution in [2.45, 2.75) is 0 Å². The second-order valence-corrected chi connectivity index (χ2v) is 1.04. The Balaban J connectivity index is 0. The molecule has 34 valence electrons. The van der Waals surface area contributed by atoms with Crippen molar-refractivity contribution < 1.29 is 27.4 Å². The van der Waals surface area contributed by atoms with Gasteiger partial charge in [-0.2, -0.15) is 0 Å². The summed E-state index contributed by atoms with van der Waals surface area (Å²) in [6.45, 7) is 0. The van der Waals surface area contributed by atoms with E-state index in [1.807, 2.05) is 0 Å². The molecule has 5 heteroatoms. The zero-order valence-electron chi connectivity index (χ0n) is 2.05. The predicted molar refractivity (Wildman–Crippen MR) is 17.6 cm³/mol. The molecule has 3 nitrogen and oxygen atoms in total. The molecule has 0 aromatic carbocycles. The summed E-state index contributed by atoms with van der Waals surface area (Å²) in [7, 11) is 0. The molecule has 0 spiro atoms. The summed E-state index contributed by atoms with van der Waals surface area (Å²) in [5.74, 6) is 0. The average molecular weight is 257 g/mol. The summed E-state index contributed by atoms with van der Waals surface area (Å²) >= 11 is -3.40. The third kappa shape index (κ3) is 40.9. The van der Waals surface area contributed by atoms with Gasteiger partial charge in [0, 0.05) is 0 Å². The number of hydrogen-bond acceptors (Lipinski definition) is 3. The molecule has 0 aliphatic rings. The fourth-order valence-corrected chi connectivity index (χ4v) is 0. The first kappa shape index (κ1) is 9.43. The lowest BCUT2D eigenvalue weighted by Crippen LogP contribution is -2.30. The Morgan fingerprint density at radius 1 is 1.40 bits per heavy atom. The molecule has 0 bridgehead atoms. The SMILES string of the molecule is I.[O-][Br+2]([O-])O. The van der Waals surface area contributed by atoms with Gasteiger partial charge in [-0.15, -0.1) is 24.0 Å². The van der Waals surface area contributed by atoms with E-state index in [2.05, 4.69) is 0 Å². The molecule has 0 aromatic rings. The Morgan fingerprint density at radius 3 is 1.40 bits per heavy atom. The van der Waals surface area contributed by atoms with Crippen molar-refractivity contribution in [3.63, 3.8) is 0 Å². The van der Waals surface area contributed by atoms with E-state index < -0.39 is 14.8 Å². The van der Waals surface area contributed by atoms with Crippen molar-refractivity contribution in [1.29, 1.82) is 0 Å². The highest BCUT2D eigenvalue weighted by molar-refractivity contribution is 14.0.